The zero-order valence-corrected chi connectivity index (χ0v) is 11.1. The highest BCUT2D eigenvalue weighted by molar-refractivity contribution is 8.00. The van der Waals surface area contributed by atoms with E-state index in [2.05, 4.69) is 40.6 Å². The molecule has 2 unspecified atom stereocenters. The van der Waals surface area contributed by atoms with Crippen LogP contribution in [0.15, 0.2) is 29.2 Å². The highest BCUT2D eigenvalue weighted by Crippen LogP contribution is 2.37. The predicted molar refractivity (Wildman–Crippen MR) is 73.6 cm³/mol. The van der Waals surface area contributed by atoms with Gasteiger partial charge in [0, 0.05) is 36.3 Å². The van der Waals surface area contributed by atoms with Crippen molar-refractivity contribution in [1.82, 2.24) is 10.2 Å². The van der Waals surface area contributed by atoms with Crippen LogP contribution >= 0.6 is 11.8 Å². The minimum Gasteiger partial charge on any atom is -0.313 e. The topological polar surface area (TPSA) is 39.1 Å². The van der Waals surface area contributed by atoms with Crippen LogP contribution in [0.25, 0.3) is 0 Å². The molecule has 2 aliphatic rings. The maximum Gasteiger partial charge on any atom is 0.110 e. The molecule has 0 bridgehead atoms. The molecule has 0 aromatic heterocycles. The molecule has 1 N–H and O–H groups in total. The molecule has 3 nitrogen and oxygen atoms in total. The quantitative estimate of drug-likeness (QED) is 0.873. The average molecular weight is 259 g/mol. The Morgan fingerprint density at radius 3 is 3.17 bits per heavy atom. The van der Waals surface area contributed by atoms with Gasteiger partial charge >= 0.3 is 0 Å². The third kappa shape index (κ3) is 2.39. The van der Waals surface area contributed by atoms with Crippen LogP contribution in [0.3, 0.4) is 0 Å². The monoisotopic (exact) mass is 259 g/mol. The molecular weight excluding hydrogens is 242 g/mol. The zero-order chi connectivity index (χ0) is 12.4. The summed E-state index contributed by atoms with van der Waals surface area (Å²) in [4.78, 5) is 3.76. The number of hydrogen-bond acceptors (Lipinski definition) is 4. The van der Waals surface area contributed by atoms with Gasteiger partial charge in [-0.1, -0.05) is 18.2 Å². The molecule has 1 aromatic carbocycles. The van der Waals surface area contributed by atoms with Crippen LogP contribution in [0.4, 0.5) is 0 Å². The second-order valence-corrected chi connectivity index (χ2v) is 6.24. The van der Waals surface area contributed by atoms with Crippen molar-refractivity contribution in [2.75, 3.05) is 26.2 Å². The Kier molecular flexibility index (Phi) is 3.55. The fourth-order valence-corrected chi connectivity index (χ4v) is 4.06. The van der Waals surface area contributed by atoms with Gasteiger partial charge in [0.15, 0.2) is 0 Å². The number of benzene rings is 1. The minimum atomic E-state index is 0.0445. The Bertz CT molecular complexity index is 443. The molecule has 1 fully saturated rings. The van der Waals surface area contributed by atoms with Gasteiger partial charge in [-0.25, -0.2) is 0 Å². The van der Waals surface area contributed by atoms with Gasteiger partial charge in [0.1, 0.15) is 6.04 Å². The molecule has 4 heteroatoms. The number of fused-ring (bicyclic) bond motifs is 1. The molecule has 94 valence electrons. The van der Waals surface area contributed by atoms with E-state index in [1.165, 1.54) is 10.5 Å². The highest BCUT2D eigenvalue weighted by atomic mass is 32.2. The van der Waals surface area contributed by atoms with Gasteiger partial charge in [0.25, 0.3) is 0 Å². The SMILES string of the molecule is N#CC1CNCCN1CC1Cc2ccccc2S1. The van der Waals surface area contributed by atoms with Gasteiger partial charge in [0.05, 0.1) is 6.07 Å². The van der Waals surface area contributed by atoms with Crippen molar-refractivity contribution in [3.8, 4) is 6.07 Å². The van der Waals surface area contributed by atoms with Crippen molar-refractivity contribution in [3.05, 3.63) is 29.8 Å². The normalized spacial score (nSPS) is 27.7. The van der Waals surface area contributed by atoms with E-state index in [9.17, 15) is 5.26 Å². The molecule has 3 rings (SSSR count). The average Bonchev–Trinajstić information content (AvgIpc) is 2.81. The van der Waals surface area contributed by atoms with Gasteiger partial charge in [-0.05, 0) is 18.1 Å². The lowest BCUT2D eigenvalue weighted by Gasteiger charge is -2.33. The summed E-state index contributed by atoms with van der Waals surface area (Å²) < 4.78 is 0. The summed E-state index contributed by atoms with van der Waals surface area (Å²) in [6, 6.07) is 11.1. The van der Waals surface area contributed by atoms with E-state index in [4.69, 9.17) is 0 Å². The number of nitrogens with one attached hydrogen (secondary N) is 1. The molecule has 0 spiro atoms. The lowest BCUT2D eigenvalue weighted by atomic mass is 10.1. The molecule has 1 aromatic rings. The van der Waals surface area contributed by atoms with Gasteiger partial charge in [0.2, 0.25) is 0 Å². The fraction of sp³-hybridized carbons (Fsp3) is 0.500. The minimum absolute atomic E-state index is 0.0445. The van der Waals surface area contributed by atoms with Gasteiger partial charge in [-0.3, -0.25) is 4.90 Å². The Balaban J connectivity index is 1.63. The van der Waals surface area contributed by atoms with Crippen LogP contribution < -0.4 is 5.32 Å². The van der Waals surface area contributed by atoms with Crippen LogP contribution in [0.5, 0.6) is 0 Å². The van der Waals surface area contributed by atoms with Crippen molar-refractivity contribution in [1.29, 1.82) is 5.26 Å². The van der Waals surface area contributed by atoms with Gasteiger partial charge in [-0.2, -0.15) is 5.26 Å². The zero-order valence-electron chi connectivity index (χ0n) is 10.3. The van der Waals surface area contributed by atoms with E-state index in [1.54, 1.807) is 0 Å². The summed E-state index contributed by atoms with van der Waals surface area (Å²) in [5, 5.41) is 13.1. The maximum atomic E-state index is 9.17. The number of thioether (sulfide) groups is 1. The molecule has 0 saturated carbocycles. The number of hydrogen-bond donors (Lipinski definition) is 1. The fourth-order valence-electron chi connectivity index (χ4n) is 2.71. The molecular formula is C14H17N3S. The predicted octanol–water partition coefficient (Wildman–Crippen LogP) is 1.50. The van der Waals surface area contributed by atoms with E-state index in [0.717, 1.165) is 32.6 Å². The lowest BCUT2D eigenvalue weighted by molar-refractivity contribution is 0.198. The molecule has 0 amide bonds. The molecule has 2 aliphatic heterocycles. The smallest absolute Gasteiger partial charge is 0.110 e. The summed E-state index contributed by atoms with van der Waals surface area (Å²) in [6.07, 6.45) is 1.14. The van der Waals surface area contributed by atoms with Crippen LogP contribution in [-0.2, 0) is 6.42 Å². The first-order chi connectivity index (χ1) is 8.86. The van der Waals surface area contributed by atoms with Crippen LogP contribution in [0, 0.1) is 11.3 Å². The molecule has 0 radical (unpaired) electrons. The number of nitrogens with zero attached hydrogens (tertiary/aromatic N) is 2. The first-order valence-electron chi connectivity index (χ1n) is 6.46. The van der Waals surface area contributed by atoms with Crippen molar-refractivity contribution < 1.29 is 0 Å². The van der Waals surface area contributed by atoms with E-state index >= 15 is 0 Å². The van der Waals surface area contributed by atoms with Gasteiger partial charge in [-0.15, -0.1) is 11.8 Å². The third-order valence-corrected chi connectivity index (χ3v) is 4.96. The summed E-state index contributed by atoms with van der Waals surface area (Å²) in [5.74, 6) is 0. The molecule has 1 saturated heterocycles. The van der Waals surface area contributed by atoms with E-state index in [0.29, 0.717) is 5.25 Å². The van der Waals surface area contributed by atoms with Gasteiger partial charge < -0.3 is 5.32 Å². The number of piperazine rings is 1. The van der Waals surface area contributed by atoms with Crippen molar-refractivity contribution >= 4 is 11.8 Å². The Hall–Kier alpha value is -1.02. The van der Waals surface area contributed by atoms with Crippen LogP contribution in [-0.4, -0.2) is 42.4 Å². The Labute approximate surface area is 112 Å². The van der Waals surface area contributed by atoms with Crippen LogP contribution in [0.1, 0.15) is 5.56 Å². The van der Waals surface area contributed by atoms with E-state index in [1.807, 2.05) is 11.8 Å². The molecule has 18 heavy (non-hydrogen) atoms. The van der Waals surface area contributed by atoms with Crippen LogP contribution in [0.2, 0.25) is 0 Å². The second kappa shape index (κ2) is 5.31. The standard InChI is InChI=1S/C14H17N3S/c15-8-12-9-16-5-6-17(12)10-13-7-11-3-1-2-4-14(11)18-13/h1-4,12-13,16H,5-7,9-10H2. The molecule has 2 heterocycles. The summed E-state index contributed by atoms with van der Waals surface area (Å²) >= 11 is 1.97. The first-order valence-corrected chi connectivity index (χ1v) is 7.34. The van der Waals surface area contributed by atoms with Crippen molar-refractivity contribution in [2.24, 2.45) is 0 Å². The Morgan fingerprint density at radius 2 is 2.33 bits per heavy atom. The molecule has 2 atom stereocenters. The lowest BCUT2D eigenvalue weighted by Crippen LogP contribution is -2.52. The molecule has 0 aliphatic carbocycles. The third-order valence-electron chi connectivity index (χ3n) is 3.66. The van der Waals surface area contributed by atoms with E-state index in [-0.39, 0.29) is 6.04 Å². The number of nitriles is 1. The number of rotatable bonds is 2. The van der Waals surface area contributed by atoms with Crippen molar-refractivity contribution in [3.63, 3.8) is 0 Å². The summed E-state index contributed by atoms with van der Waals surface area (Å²) in [6.45, 7) is 3.83. The maximum absolute atomic E-state index is 9.17. The summed E-state index contributed by atoms with van der Waals surface area (Å²) in [7, 11) is 0. The Morgan fingerprint density at radius 1 is 1.44 bits per heavy atom. The second-order valence-electron chi connectivity index (χ2n) is 4.90. The largest absolute Gasteiger partial charge is 0.313 e. The van der Waals surface area contributed by atoms with E-state index < -0.39 is 0 Å². The first kappa shape index (κ1) is 12.0. The highest BCUT2D eigenvalue weighted by Gasteiger charge is 2.28. The van der Waals surface area contributed by atoms with Crippen molar-refractivity contribution in [2.45, 2.75) is 22.6 Å². The summed E-state index contributed by atoms with van der Waals surface area (Å²) in [5.41, 5.74) is 1.47.